The Bertz CT molecular complexity index is 1050. The van der Waals surface area contributed by atoms with Crippen molar-refractivity contribution in [3.05, 3.63) is 70.5 Å². The molecule has 2 N–H and O–H groups in total. The zero-order valence-electron chi connectivity index (χ0n) is 15.2. The molecule has 1 amide bonds. The lowest BCUT2D eigenvalue weighted by atomic mass is 10.0. The lowest BCUT2D eigenvalue weighted by molar-refractivity contribution is -0.174. The van der Waals surface area contributed by atoms with E-state index in [1.165, 1.54) is 30.5 Å². The second-order valence-electron chi connectivity index (χ2n) is 6.77. The number of alkyl halides is 3. The van der Waals surface area contributed by atoms with E-state index < -0.39 is 30.0 Å². The number of carbonyl (C=O) groups excluding carboxylic acids is 1. The summed E-state index contributed by atoms with van der Waals surface area (Å²) in [7, 11) is 0. The molecule has 0 saturated heterocycles. The van der Waals surface area contributed by atoms with Gasteiger partial charge in [0.1, 0.15) is 22.4 Å². The van der Waals surface area contributed by atoms with Gasteiger partial charge in [-0.2, -0.15) is 18.3 Å². The van der Waals surface area contributed by atoms with Gasteiger partial charge in [0.15, 0.2) is 11.7 Å². The van der Waals surface area contributed by atoms with Crippen LogP contribution in [0.4, 0.5) is 23.4 Å². The van der Waals surface area contributed by atoms with E-state index in [1.807, 2.05) is 0 Å². The first-order valence-electron chi connectivity index (χ1n) is 8.91. The Morgan fingerprint density at radius 2 is 2.03 bits per heavy atom. The Kier molecular flexibility index (Phi) is 5.19. The summed E-state index contributed by atoms with van der Waals surface area (Å²) in [6.45, 7) is 0.0305. The number of hydrogen-bond donors (Lipinski definition) is 2. The molecule has 0 unspecified atom stereocenters. The number of fused-ring (bicyclic) bond motifs is 1. The Labute approximate surface area is 172 Å². The van der Waals surface area contributed by atoms with Gasteiger partial charge in [0.2, 0.25) is 0 Å². The second kappa shape index (κ2) is 7.67. The Balaban J connectivity index is 1.61. The lowest BCUT2D eigenvalue weighted by Gasteiger charge is -2.32. The first kappa shape index (κ1) is 20.3. The standard InChI is InChI=1S/C19H15ClF4N4O2/c20-15-16(18(29)25-9-10-3-5-11(21)6-4-10)27-28-14(19(22,23)24)8-12(26-17(15)28)13-2-1-7-30-13/h1-7,12,14,26H,8-9H2,(H,25,29)/t12-,14+/m1/s1. The minimum absolute atomic E-state index is 0.0305. The number of anilines is 1. The van der Waals surface area contributed by atoms with Gasteiger partial charge in [0, 0.05) is 13.0 Å². The predicted octanol–water partition coefficient (Wildman–Crippen LogP) is 4.86. The second-order valence-corrected chi connectivity index (χ2v) is 7.15. The molecule has 0 radical (unpaired) electrons. The summed E-state index contributed by atoms with van der Waals surface area (Å²) in [6.07, 6.45) is -3.63. The summed E-state index contributed by atoms with van der Waals surface area (Å²) >= 11 is 6.23. The number of nitrogens with zero attached hydrogens (tertiary/aromatic N) is 2. The molecule has 3 heterocycles. The molecule has 1 aliphatic rings. The van der Waals surface area contributed by atoms with Crippen molar-refractivity contribution >= 4 is 23.3 Å². The van der Waals surface area contributed by atoms with E-state index in [1.54, 1.807) is 12.1 Å². The molecule has 0 bridgehead atoms. The first-order chi connectivity index (χ1) is 14.2. The molecule has 158 valence electrons. The fraction of sp³-hybridized carbons (Fsp3) is 0.263. The summed E-state index contributed by atoms with van der Waals surface area (Å²) in [5.74, 6) is -0.970. The molecule has 2 atom stereocenters. The van der Waals surface area contributed by atoms with Crippen molar-refractivity contribution in [1.82, 2.24) is 15.1 Å². The Hall–Kier alpha value is -3.01. The average Bonchev–Trinajstić information content (AvgIpc) is 3.34. The highest BCUT2D eigenvalue weighted by molar-refractivity contribution is 6.36. The molecule has 0 spiro atoms. The van der Waals surface area contributed by atoms with Crippen LogP contribution in [0.1, 0.15) is 40.3 Å². The van der Waals surface area contributed by atoms with E-state index in [2.05, 4.69) is 15.7 Å². The smallest absolute Gasteiger partial charge is 0.410 e. The fourth-order valence-corrected chi connectivity index (χ4v) is 3.54. The molecule has 6 nitrogen and oxygen atoms in total. The molecular formula is C19H15ClF4N4O2. The highest BCUT2D eigenvalue weighted by atomic mass is 35.5. The van der Waals surface area contributed by atoms with Crippen LogP contribution < -0.4 is 10.6 Å². The third-order valence-electron chi connectivity index (χ3n) is 4.76. The molecule has 0 fully saturated rings. The van der Waals surface area contributed by atoms with Crippen LogP contribution in [0, 0.1) is 5.82 Å². The van der Waals surface area contributed by atoms with E-state index >= 15 is 0 Å². The third-order valence-corrected chi connectivity index (χ3v) is 5.12. The van der Waals surface area contributed by atoms with Crippen molar-refractivity contribution in [2.24, 2.45) is 0 Å². The number of nitrogens with one attached hydrogen (secondary N) is 2. The molecule has 3 aromatic rings. The maximum absolute atomic E-state index is 13.7. The normalized spacial score (nSPS) is 18.6. The van der Waals surface area contributed by atoms with Crippen molar-refractivity contribution in [2.45, 2.75) is 31.2 Å². The monoisotopic (exact) mass is 442 g/mol. The number of carbonyl (C=O) groups is 1. The Morgan fingerprint density at radius 1 is 1.30 bits per heavy atom. The van der Waals surface area contributed by atoms with E-state index in [-0.39, 0.29) is 29.5 Å². The Morgan fingerprint density at radius 3 is 2.67 bits per heavy atom. The maximum atomic E-state index is 13.7. The van der Waals surface area contributed by atoms with E-state index in [0.29, 0.717) is 16.0 Å². The van der Waals surface area contributed by atoms with E-state index in [9.17, 15) is 22.4 Å². The van der Waals surface area contributed by atoms with Crippen LogP contribution in [0.2, 0.25) is 5.02 Å². The van der Waals surface area contributed by atoms with Gasteiger partial charge in [-0.1, -0.05) is 23.7 Å². The predicted molar refractivity (Wildman–Crippen MR) is 99.6 cm³/mol. The number of furan rings is 1. The molecule has 4 rings (SSSR count). The fourth-order valence-electron chi connectivity index (χ4n) is 3.28. The van der Waals surface area contributed by atoms with Crippen molar-refractivity contribution in [3.63, 3.8) is 0 Å². The van der Waals surface area contributed by atoms with Crippen molar-refractivity contribution in [1.29, 1.82) is 0 Å². The summed E-state index contributed by atoms with van der Waals surface area (Å²) in [5, 5.41) is 9.02. The summed E-state index contributed by atoms with van der Waals surface area (Å²) in [5.41, 5.74) is 0.268. The van der Waals surface area contributed by atoms with Gasteiger partial charge >= 0.3 is 6.18 Å². The minimum atomic E-state index is -4.61. The van der Waals surface area contributed by atoms with Gasteiger partial charge in [-0.25, -0.2) is 9.07 Å². The molecular weight excluding hydrogens is 428 g/mol. The van der Waals surface area contributed by atoms with Crippen LogP contribution in [-0.2, 0) is 6.54 Å². The number of rotatable bonds is 4. The van der Waals surface area contributed by atoms with Crippen molar-refractivity contribution < 1.29 is 26.8 Å². The third kappa shape index (κ3) is 3.87. The van der Waals surface area contributed by atoms with Crippen LogP contribution >= 0.6 is 11.6 Å². The zero-order chi connectivity index (χ0) is 21.5. The van der Waals surface area contributed by atoms with Crippen LogP contribution in [0.15, 0.2) is 47.1 Å². The number of amides is 1. The van der Waals surface area contributed by atoms with Gasteiger partial charge < -0.3 is 15.1 Å². The topological polar surface area (TPSA) is 72.1 Å². The van der Waals surface area contributed by atoms with Crippen LogP contribution in [0.3, 0.4) is 0 Å². The van der Waals surface area contributed by atoms with E-state index in [4.69, 9.17) is 16.0 Å². The first-order valence-corrected chi connectivity index (χ1v) is 9.29. The average molecular weight is 443 g/mol. The van der Waals surface area contributed by atoms with Gasteiger partial charge in [-0.05, 0) is 29.8 Å². The van der Waals surface area contributed by atoms with Crippen LogP contribution in [0.25, 0.3) is 0 Å². The van der Waals surface area contributed by atoms with Gasteiger partial charge in [-0.15, -0.1) is 0 Å². The number of aromatic nitrogens is 2. The molecule has 0 aliphatic carbocycles. The largest absolute Gasteiger partial charge is 0.467 e. The summed E-state index contributed by atoms with van der Waals surface area (Å²) in [4.78, 5) is 12.5. The minimum Gasteiger partial charge on any atom is -0.467 e. The summed E-state index contributed by atoms with van der Waals surface area (Å²) in [6, 6.07) is 5.77. The number of halogens is 5. The molecule has 2 aromatic heterocycles. The summed E-state index contributed by atoms with van der Waals surface area (Å²) < 4.78 is 60.0. The molecule has 11 heteroatoms. The van der Waals surface area contributed by atoms with Crippen molar-refractivity contribution in [3.8, 4) is 0 Å². The van der Waals surface area contributed by atoms with Gasteiger partial charge in [0.25, 0.3) is 5.91 Å². The molecule has 0 saturated carbocycles. The van der Waals surface area contributed by atoms with Gasteiger partial charge in [0.05, 0.1) is 12.3 Å². The number of hydrogen-bond acceptors (Lipinski definition) is 4. The quantitative estimate of drug-likeness (QED) is 0.566. The van der Waals surface area contributed by atoms with Crippen LogP contribution in [0.5, 0.6) is 0 Å². The SMILES string of the molecule is O=C(NCc1ccc(F)cc1)c1nn2c(c1Cl)N[C@@H](c1ccco1)C[C@H]2C(F)(F)F. The number of benzene rings is 1. The molecule has 30 heavy (non-hydrogen) atoms. The molecule has 1 aromatic carbocycles. The van der Waals surface area contributed by atoms with Crippen molar-refractivity contribution in [2.75, 3.05) is 5.32 Å². The highest BCUT2D eigenvalue weighted by Gasteiger charge is 2.48. The van der Waals surface area contributed by atoms with E-state index in [0.717, 1.165) is 0 Å². The van der Waals surface area contributed by atoms with Crippen LogP contribution in [-0.4, -0.2) is 21.9 Å². The van der Waals surface area contributed by atoms with Gasteiger partial charge in [-0.3, -0.25) is 4.79 Å². The highest BCUT2D eigenvalue weighted by Crippen LogP contribution is 2.46. The molecule has 1 aliphatic heterocycles. The lowest BCUT2D eigenvalue weighted by Crippen LogP contribution is -2.35. The maximum Gasteiger partial charge on any atom is 0.410 e. The zero-order valence-corrected chi connectivity index (χ0v) is 16.0.